The zero-order valence-electron chi connectivity index (χ0n) is 13.3. The van der Waals surface area contributed by atoms with Crippen LogP contribution in [-0.2, 0) is 17.8 Å². The van der Waals surface area contributed by atoms with Gasteiger partial charge in [0.1, 0.15) is 6.61 Å². The number of aromatic nitrogens is 1. The molecule has 2 unspecified atom stereocenters. The highest BCUT2D eigenvalue weighted by Crippen LogP contribution is 2.09. The molecule has 0 saturated heterocycles. The molecule has 124 valence electrons. The van der Waals surface area contributed by atoms with Crippen molar-refractivity contribution >= 4 is 17.4 Å². The highest BCUT2D eigenvalue weighted by Gasteiger charge is 2.11. The lowest BCUT2D eigenvalue weighted by molar-refractivity contribution is 0.136. The first kappa shape index (κ1) is 17.4. The van der Waals surface area contributed by atoms with Gasteiger partial charge in [-0.05, 0) is 31.7 Å². The molecule has 1 heterocycles. The highest BCUT2D eigenvalue weighted by atomic mass is 32.1. The van der Waals surface area contributed by atoms with Crippen LogP contribution in [0.5, 0.6) is 0 Å². The van der Waals surface area contributed by atoms with Gasteiger partial charge in [-0.2, -0.15) is 0 Å². The first-order chi connectivity index (χ1) is 11.1. The normalized spacial score (nSPS) is 13.3. The van der Waals surface area contributed by atoms with Crippen LogP contribution in [0.15, 0.2) is 42.0 Å². The summed E-state index contributed by atoms with van der Waals surface area (Å²) in [7, 11) is 0. The summed E-state index contributed by atoms with van der Waals surface area (Å²) in [6, 6.07) is 10.3. The maximum Gasteiger partial charge on any atom is 0.407 e. The molecule has 1 aromatic carbocycles. The van der Waals surface area contributed by atoms with E-state index < -0.39 is 6.09 Å². The van der Waals surface area contributed by atoms with Gasteiger partial charge in [-0.3, -0.25) is 4.98 Å². The van der Waals surface area contributed by atoms with Gasteiger partial charge >= 0.3 is 6.09 Å². The fourth-order valence-corrected chi connectivity index (χ4v) is 2.75. The Kier molecular flexibility index (Phi) is 7.03. The van der Waals surface area contributed by atoms with Crippen molar-refractivity contribution in [1.82, 2.24) is 10.3 Å². The molecule has 0 aliphatic carbocycles. The molecule has 6 heteroatoms. The molecule has 2 aromatic rings. The summed E-state index contributed by atoms with van der Waals surface area (Å²) in [5.41, 5.74) is 9.11. The second-order valence-electron chi connectivity index (χ2n) is 5.62. The molecular weight excluding hydrogens is 310 g/mol. The van der Waals surface area contributed by atoms with Gasteiger partial charge in [0.05, 0.1) is 10.4 Å². The molecule has 2 rings (SSSR count). The average molecular weight is 333 g/mol. The van der Waals surface area contributed by atoms with Crippen molar-refractivity contribution < 1.29 is 9.53 Å². The molecule has 1 amide bonds. The van der Waals surface area contributed by atoms with Crippen LogP contribution < -0.4 is 11.1 Å². The monoisotopic (exact) mass is 333 g/mol. The van der Waals surface area contributed by atoms with Gasteiger partial charge in [-0.15, -0.1) is 11.3 Å². The first-order valence-corrected chi connectivity index (χ1v) is 8.61. The molecule has 2 atom stereocenters. The maximum absolute atomic E-state index is 11.7. The van der Waals surface area contributed by atoms with E-state index in [9.17, 15) is 4.79 Å². The van der Waals surface area contributed by atoms with Crippen molar-refractivity contribution in [2.24, 2.45) is 5.73 Å². The van der Waals surface area contributed by atoms with Gasteiger partial charge in [-0.25, -0.2) is 4.79 Å². The Hall–Kier alpha value is -1.92. The summed E-state index contributed by atoms with van der Waals surface area (Å²) in [6.45, 7) is 2.22. The maximum atomic E-state index is 11.7. The van der Waals surface area contributed by atoms with Gasteiger partial charge < -0.3 is 15.8 Å². The molecule has 0 fully saturated rings. The van der Waals surface area contributed by atoms with E-state index in [0.29, 0.717) is 0 Å². The van der Waals surface area contributed by atoms with E-state index in [1.54, 1.807) is 11.7 Å². The molecule has 0 spiro atoms. The van der Waals surface area contributed by atoms with Crippen LogP contribution in [-0.4, -0.2) is 23.2 Å². The number of alkyl carbamates (subject to hydrolysis) is 1. The van der Waals surface area contributed by atoms with Gasteiger partial charge in [0.15, 0.2) is 0 Å². The molecule has 0 radical (unpaired) electrons. The minimum atomic E-state index is -0.400. The number of carbonyl (C=O) groups is 1. The van der Waals surface area contributed by atoms with E-state index in [1.807, 2.05) is 25.1 Å². The van der Waals surface area contributed by atoms with Gasteiger partial charge in [0.2, 0.25) is 0 Å². The zero-order chi connectivity index (χ0) is 16.5. The summed E-state index contributed by atoms with van der Waals surface area (Å²) in [4.78, 5) is 16.6. The molecule has 3 N–H and O–H groups in total. The van der Waals surface area contributed by atoms with Crippen LogP contribution in [0.25, 0.3) is 0 Å². The molecular formula is C17H23N3O2S. The third-order valence-corrected chi connectivity index (χ3v) is 4.26. The Bertz CT molecular complexity index is 575. The average Bonchev–Trinajstić information content (AvgIpc) is 3.05. The quantitative estimate of drug-likeness (QED) is 0.778. The van der Waals surface area contributed by atoms with Crippen molar-refractivity contribution in [3.63, 3.8) is 0 Å². The van der Waals surface area contributed by atoms with Crippen molar-refractivity contribution in [2.45, 2.75) is 44.9 Å². The lowest BCUT2D eigenvalue weighted by Crippen LogP contribution is -2.34. The van der Waals surface area contributed by atoms with E-state index in [2.05, 4.69) is 22.4 Å². The third kappa shape index (κ3) is 6.80. The SMILES string of the molecule is CC(CCC(N)Cc1ccccc1)NC(=O)OCc1cncs1. The number of ether oxygens (including phenoxy) is 1. The number of carbonyl (C=O) groups excluding carboxylic acids is 1. The lowest BCUT2D eigenvalue weighted by atomic mass is 10.0. The number of nitrogens with two attached hydrogens (primary N) is 1. The van der Waals surface area contributed by atoms with Crippen LogP contribution in [0.1, 0.15) is 30.2 Å². The number of amides is 1. The fraction of sp³-hybridized carbons (Fsp3) is 0.412. The van der Waals surface area contributed by atoms with Crippen LogP contribution in [0.3, 0.4) is 0 Å². The number of nitrogens with zero attached hydrogens (tertiary/aromatic N) is 1. The second-order valence-corrected chi connectivity index (χ2v) is 6.59. The summed E-state index contributed by atoms with van der Waals surface area (Å²) in [5.74, 6) is 0. The second kappa shape index (κ2) is 9.27. The number of hydrogen-bond acceptors (Lipinski definition) is 5. The number of nitrogens with one attached hydrogen (secondary N) is 1. The predicted molar refractivity (Wildman–Crippen MR) is 92.3 cm³/mol. The van der Waals surface area contributed by atoms with Crippen LogP contribution >= 0.6 is 11.3 Å². The van der Waals surface area contributed by atoms with Gasteiger partial charge in [0, 0.05) is 18.3 Å². The minimum absolute atomic E-state index is 0.0331. The molecule has 1 aromatic heterocycles. The number of benzene rings is 1. The zero-order valence-corrected chi connectivity index (χ0v) is 14.1. The Morgan fingerprint density at radius 3 is 2.83 bits per heavy atom. The van der Waals surface area contributed by atoms with Crippen molar-refractivity contribution in [1.29, 1.82) is 0 Å². The first-order valence-electron chi connectivity index (χ1n) is 7.73. The Morgan fingerprint density at radius 2 is 2.13 bits per heavy atom. The van der Waals surface area contributed by atoms with Crippen molar-refractivity contribution in [2.75, 3.05) is 0 Å². The largest absolute Gasteiger partial charge is 0.444 e. The van der Waals surface area contributed by atoms with E-state index in [4.69, 9.17) is 10.5 Å². The molecule has 0 bridgehead atoms. The number of rotatable bonds is 8. The van der Waals surface area contributed by atoms with Crippen molar-refractivity contribution in [3.05, 3.63) is 52.5 Å². The number of thiazole rings is 1. The topological polar surface area (TPSA) is 77.2 Å². The minimum Gasteiger partial charge on any atom is -0.444 e. The number of hydrogen-bond donors (Lipinski definition) is 2. The Morgan fingerprint density at radius 1 is 1.35 bits per heavy atom. The smallest absolute Gasteiger partial charge is 0.407 e. The molecule has 0 saturated carbocycles. The van der Waals surface area contributed by atoms with E-state index >= 15 is 0 Å². The molecule has 0 aliphatic heterocycles. The van der Waals surface area contributed by atoms with E-state index in [-0.39, 0.29) is 18.7 Å². The van der Waals surface area contributed by atoms with E-state index in [1.165, 1.54) is 16.9 Å². The molecule has 5 nitrogen and oxygen atoms in total. The molecule has 0 aliphatic rings. The Labute approximate surface area is 140 Å². The van der Waals surface area contributed by atoms with E-state index in [0.717, 1.165) is 24.1 Å². The molecule has 23 heavy (non-hydrogen) atoms. The summed E-state index contributed by atoms with van der Waals surface area (Å²) < 4.78 is 5.15. The summed E-state index contributed by atoms with van der Waals surface area (Å²) >= 11 is 1.47. The van der Waals surface area contributed by atoms with Gasteiger partial charge in [-0.1, -0.05) is 30.3 Å². The van der Waals surface area contributed by atoms with Crippen LogP contribution in [0, 0.1) is 0 Å². The summed E-state index contributed by atoms with van der Waals surface area (Å²) in [6.07, 6.45) is 3.82. The summed E-state index contributed by atoms with van der Waals surface area (Å²) in [5, 5.41) is 2.83. The lowest BCUT2D eigenvalue weighted by Gasteiger charge is -2.17. The predicted octanol–water partition coefficient (Wildman–Crippen LogP) is 3.11. The highest BCUT2D eigenvalue weighted by molar-refractivity contribution is 7.09. The van der Waals surface area contributed by atoms with Gasteiger partial charge in [0.25, 0.3) is 0 Å². The Balaban J connectivity index is 1.62. The standard InChI is InChI=1S/C17H23N3O2S/c1-13(20-17(21)22-11-16-10-19-12-23-16)7-8-15(18)9-14-5-3-2-4-6-14/h2-6,10,12-13,15H,7-9,11,18H2,1H3,(H,20,21). The fourth-order valence-electron chi connectivity index (χ4n) is 2.25. The third-order valence-electron chi connectivity index (χ3n) is 3.50. The van der Waals surface area contributed by atoms with Crippen LogP contribution in [0.4, 0.5) is 4.79 Å². The van der Waals surface area contributed by atoms with Crippen LogP contribution in [0.2, 0.25) is 0 Å². The van der Waals surface area contributed by atoms with Crippen molar-refractivity contribution in [3.8, 4) is 0 Å².